The molecule has 1 aromatic rings. The molecule has 26 heavy (non-hydrogen) atoms. The van der Waals surface area contributed by atoms with E-state index in [9.17, 15) is 4.79 Å². The summed E-state index contributed by atoms with van der Waals surface area (Å²) < 4.78 is 5.20. The van der Waals surface area contributed by atoms with Crippen molar-refractivity contribution >= 4 is 5.91 Å². The summed E-state index contributed by atoms with van der Waals surface area (Å²) in [5.74, 6) is 1.01. The molecule has 2 heterocycles. The van der Waals surface area contributed by atoms with Gasteiger partial charge in [0.1, 0.15) is 5.54 Å². The summed E-state index contributed by atoms with van der Waals surface area (Å²) in [5, 5.41) is 0. The van der Waals surface area contributed by atoms with E-state index in [-0.39, 0.29) is 5.54 Å². The van der Waals surface area contributed by atoms with Crippen LogP contribution < -0.4 is 0 Å². The first-order chi connectivity index (χ1) is 12.5. The first-order valence-corrected chi connectivity index (χ1v) is 10.2. The summed E-state index contributed by atoms with van der Waals surface area (Å²) in [6, 6.07) is 9.01. The fraction of sp³-hybridized carbons (Fsp3) is 0.682. The molecule has 1 atom stereocenters. The van der Waals surface area contributed by atoms with Crippen molar-refractivity contribution in [3.8, 4) is 0 Å². The molecule has 4 heteroatoms. The predicted octanol–water partition coefficient (Wildman–Crippen LogP) is 3.49. The molecule has 0 bridgehead atoms. The van der Waals surface area contributed by atoms with Crippen LogP contribution in [0.15, 0.2) is 24.3 Å². The molecule has 0 radical (unpaired) electrons. The largest absolute Gasteiger partial charge is 0.383 e. The second kappa shape index (κ2) is 8.53. The van der Waals surface area contributed by atoms with Crippen LogP contribution in [0.2, 0.25) is 0 Å². The number of methoxy groups -OCH3 is 1. The zero-order chi connectivity index (χ0) is 18.6. The molecule has 4 nitrogen and oxygen atoms in total. The van der Waals surface area contributed by atoms with E-state index in [0.717, 1.165) is 58.3 Å². The molecule has 2 aliphatic heterocycles. The van der Waals surface area contributed by atoms with E-state index < -0.39 is 0 Å². The third kappa shape index (κ3) is 4.12. The molecule has 0 N–H and O–H groups in total. The number of likely N-dealkylation sites (tertiary alicyclic amines) is 2. The minimum absolute atomic E-state index is 0.275. The van der Waals surface area contributed by atoms with Gasteiger partial charge in [-0.3, -0.25) is 9.69 Å². The smallest absolute Gasteiger partial charge is 0.243 e. The van der Waals surface area contributed by atoms with Crippen molar-refractivity contribution in [3.05, 3.63) is 35.4 Å². The van der Waals surface area contributed by atoms with Crippen LogP contribution in [-0.2, 0) is 22.5 Å². The summed E-state index contributed by atoms with van der Waals surface area (Å²) in [6.45, 7) is 8.64. The van der Waals surface area contributed by atoms with E-state index in [4.69, 9.17) is 4.74 Å². The Bertz CT molecular complexity index is 599. The Morgan fingerprint density at radius 2 is 1.73 bits per heavy atom. The molecular weight excluding hydrogens is 324 g/mol. The topological polar surface area (TPSA) is 32.8 Å². The van der Waals surface area contributed by atoms with Gasteiger partial charge in [0.2, 0.25) is 5.91 Å². The van der Waals surface area contributed by atoms with Gasteiger partial charge in [-0.05, 0) is 55.7 Å². The normalized spacial score (nSPS) is 24.2. The van der Waals surface area contributed by atoms with Gasteiger partial charge < -0.3 is 9.64 Å². The van der Waals surface area contributed by atoms with Gasteiger partial charge in [0.25, 0.3) is 0 Å². The van der Waals surface area contributed by atoms with Gasteiger partial charge in [-0.2, -0.15) is 0 Å². The molecular formula is C22H34N2O2. The third-order valence-corrected chi connectivity index (χ3v) is 5.93. The molecule has 2 fully saturated rings. The SMILES string of the molecule is COCCN1CCCC2(CCCN2Cc2ccc(CC(C)C)cc2)C1=O. The maximum absolute atomic E-state index is 13.3. The Labute approximate surface area is 158 Å². The van der Waals surface area contributed by atoms with Gasteiger partial charge in [0.15, 0.2) is 0 Å². The van der Waals surface area contributed by atoms with Crippen molar-refractivity contribution in [1.29, 1.82) is 0 Å². The maximum atomic E-state index is 13.3. The Hall–Kier alpha value is -1.39. The molecule has 2 saturated heterocycles. The van der Waals surface area contributed by atoms with Crippen molar-refractivity contribution in [2.75, 3.05) is 33.4 Å². The summed E-state index contributed by atoms with van der Waals surface area (Å²) in [5.41, 5.74) is 2.45. The Morgan fingerprint density at radius 3 is 2.38 bits per heavy atom. The first kappa shape index (κ1) is 19.4. The zero-order valence-electron chi connectivity index (χ0n) is 16.7. The van der Waals surface area contributed by atoms with Gasteiger partial charge in [0.05, 0.1) is 6.61 Å². The van der Waals surface area contributed by atoms with Gasteiger partial charge in [-0.1, -0.05) is 38.1 Å². The number of amides is 1. The van der Waals surface area contributed by atoms with Crippen LogP contribution >= 0.6 is 0 Å². The first-order valence-electron chi connectivity index (χ1n) is 10.2. The number of piperidine rings is 1. The van der Waals surface area contributed by atoms with E-state index in [2.05, 4.69) is 43.0 Å². The Morgan fingerprint density at radius 1 is 1.08 bits per heavy atom. The van der Waals surface area contributed by atoms with Crippen molar-refractivity contribution in [2.24, 2.45) is 5.92 Å². The highest BCUT2D eigenvalue weighted by Gasteiger charge is 2.50. The van der Waals surface area contributed by atoms with Crippen molar-refractivity contribution < 1.29 is 9.53 Å². The van der Waals surface area contributed by atoms with E-state index in [1.807, 2.05) is 4.90 Å². The predicted molar refractivity (Wildman–Crippen MR) is 105 cm³/mol. The number of hydrogen-bond acceptors (Lipinski definition) is 3. The number of ether oxygens (including phenoxy) is 1. The van der Waals surface area contributed by atoms with E-state index in [0.29, 0.717) is 18.4 Å². The summed E-state index contributed by atoms with van der Waals surface area (Å²) in [4.78, 5) is 17.7. The second-order valence-electron chi connectivity index (χ2n) is 8.36. The third-order valence-electron chi connectivity index (χ3n) is 5.93. The fourth-order valence-electron chi connectivity index (χ4n) is 4.64. The van der Waals surface area contributed by atoms with Crippen LogP contribution in [0.5, 0.6) is 0 Å². The van der Waals surface area contributed by atoms with Crippen LogP contribution in [0.25, 0.3) is 0 Å². The van der Waals surface area contributed by atoms with E-state index in [1.54, 1.807) is 7.11 Å². The number of hydrogen-bond donors (Lipinski definition) is 0. The molecule has 0 saturated carbocycles. The summed E-state index contributed by atoms with van der Waals surface area (Å²) in [6.07, 6.45) is 5.34. The van der Waals surface area contributed by atoms with Gasteiger partial charge in [-0.25, -0.2) is 0 Å². The number of carbonyl (C=O) groups excluding carboxylic acids is 1. The summed E-state index contributed by atoms with van der Waals surface area (Å²) in [7, 11) is 1.70. The zero-order valence-corrected chi connectivity index (χ0v) is 16.7. The van der Waals surface area contributed by atoms with Gasteiger partial charge in [0, 0.05) is 26.7 Å². The Kier molecular flexibility index (Phi) is 6.36. The molecule has 1 amide bonds. The van der Waals surface area contributed by atoms with Crippen molar-refractivity contribution in [3.63, 3.8) is 0 Å². The molecule has 0 aliphatic carbocycles. The number of rotatable bonds is 7. The van der Waals surface area contributed by atoms with Gasteiger partial charge in [-0.15, -0.1) is 0 Å². The molecule has 1 aromatic carbocycles. The van der Waals surface area contributed by atoms with Crippen LogP contribution in [0, 0.1) is 5.92 Å². The highest BCUT2D eigenvalue weighted by Crippen LogP contribution is 2.39. The minimum atomic E-state index is -0.275. The lowest BCUT2D eigenvalue weighted by atomic mass is 9.85. The molecule has 144 valence electrons. The lowest BCUT2D eigenvalue weighted by Gasteiger charge is -2.44. The minimum Gasteiger partial charge on any atom is -0.383 e. The number of benzene rings is 1. The fourth-order valence-corrected chi connectivity index (χ4v) is 4.64. The lowest BCUT2D eigenvalue weighted by molar-refractivity contribution is -0.148. The van der Waals surface area contributed by atoms with Crippen LogP contribution in [0.1, 0.15) is 50.7 Å². The molecule has 3 rings (SSSR count). The monoisotopic (exact) mass is 358 g/mol. The highest BCUT2D eigenvalue weighted by atomic mass is 16.5. The molecule has 0 aromatic heterocycles. The van der Waals surface area contributed by atoms with Crippen LogP contribution in [0.3, 0.4) is 0 Å². The molecule has 1 unspecified atom stereocenters. The van der Waals surface area contributed by atoms with Crippen molar-refractivity contribution in [2.45, 2.75) is 58.0 Å². The quantitative estimate of drug-likeness (QED) is 0.748. The van der Waals surface area contributed by atoms with Crippen molar-refractivity contribution in [1.82, 2.24) is 9.80 Å². The highest BCUT2D eigenvalue weighted by molar-refractivity contribution is 5.87. The van der Waals surface area contributed by atoms with E-state index >= 15 is 0 Å². The summed E-state index contributed by atoms with van der Waals surface area (Å²) >= 11 is 0. The average molecular weight is 359 g/mol. The average Bonchev–Trinajstić information content (AvgIpc) is 3.01. The standard InChI is InChI=1S/C22H34N2O2/c1-18(2)16-19-6-8-20(9-7-19)17-24-13-5-11-22(24)10-4-12-23(21(22)25)14-15-26-3/h6-9,18H,4-5,10-17H2,1-3H3. The van der Waals surface area contributed by atoms with Crippen LogP contribution in [0.4, 0.5) is 0 Å². The van der Waals surface area contributed by atoms with Crippen LogP contribution in [-0.4, -0.2) is 54.6 Å². The molecule has 1 spiro atoms. The lowest BCUT2D eigenvalue weighted by Crippen LogP contribution is -2.60. The molecule has 2 aliphatic rings. The second-order valence-corrected chi connectivity index (χ2v) is 8.36. The maximum Gasteiger partial charge on any atom is 0.243 e. The number of carbonyl (C=O) groups is 1. The van der Waals surface area contributed by atoms with E-state index in [1.165, 1.54) is 11.1 Å². The number of nitrogens with zero attached hydrogens (tertiary/aromatic N) is 2. The van der Waals surface area contributed by atoms with Gasteiger partial charge >= 0.3 is 0 Å². The Balaban J connectivity index is 1.70.